The molecule has 0 bridgehead atoms. The van der Waals surface area contributed by atoms with Gasteiger partial charge in [-0.2, -0.15) is 5.10 Å². The lowest BCUT2D eigenvalue weighted by molar-refractivity contribution is 0.411. The fourth-order valence-corrected chi connectivity index (χ4v) is 1.81. The molecule has 5 heteroatoms. The number of hydrogen-bond donors (Lipinski definition) is 2. The van der Waals surface area contributed by atoms with E-state index < -0.39 is 0 Å². The van der Waals surface area contributed by atoms with Crippen LogP contribution >= 0.6 is 0 Å². The standard InChI is InChI=1S/C15H12N2O3/c18-12-5-3-4-11(8-12)17-10-13(9-16-17)20-15-7-2-1-6-14(15)19/h1-10,18-19H. The van der Waals surface area contributed by atoms with Gasteiger partial charge in [-0.15, -0.1) is 0 Å². The van der Waals surface area contributed by atoms with Gasteiger partial charge in [0.25, 0.3) is 0 Å². The molecule has 0 amide bonds. The molecule has 0 spiro atoms. The summed E-state index contributed by atoms with van der Waals surface area (Å²) in [6, 6.07) is 13.4. The Balaban J connectivity index is 1.86. The summed E-state index contributed by atoms with van der Waals surface area (Å²) < 4.78 is 7.12. The van der Waals surface area contributed by atoms with Crippen molar-refractivity contribution in [3.8, 4) is 28.7 Å². The number of aromatic hydroxyl groups is 2. The van der Waals surface area contributed by atoms with Crippen molar-refractivity contribution in [2.75, 3.05) is 0 Å². The maximum Gasteiger partial charge on any atom is 0.169 e. The summed E-state index contributed by atoms with van der Waals surface area (Å²) in [6.07, 6.45) is 3.21. The van der Waals surface area contributed by atoms with Crippen molar-refractivity contribution in [2.45, 2.75) is 0 Å². The van der Waals surface area contributed by atoms with Gasteiger partial charge in [-0.05, 0) is 24.3 Å². The summed E-state index contributed by atoms with van der Waals surface area (Å²) in [5, 5.41) is 23.2. The molecule has 100 valence electrons. The van der Waals surface area contributed by atoms with E-state index in [-0.39, 0.29) is 11.5 Å². The molecule has 0 radical (unpaired) electrons. The molecule has 5 nitrogen and oxygen atoms in total. The minimum atomic E-state index is 0.0672. The van der Waals surface area contributed by atoms with E-state index in [1.807, 2.05) is 6.07 Å². The van der Waals surface area contributed by atoms with Crippen LogP contribution in [0.15, 0.2) is 60.9 Å². The molecule has 1 aromatic heterocycles. The summed E-state index contributed by atoms with van der Waals surface area (Å²) in [5.74, 6) is 1.09. The first-order chi connectivity index (χ1) is 9.72. The maximum absolute atomic E-state index is 9.65. The van der Waals surface area contributed by atoms with Gasteiger partial charge in [-0.25, -0.2) is 4.68 Å². The molecule has 0 atom stereocenters. The summed E-state index contributed by atoms with van der Waals surface area (Å²) in [4.78, 5) is 0. The van der Waals surface area contributed by atoms with E-state index in [2.05, 4.69) is 5.10 Å². The molecule has 0 aliphatic rings. The molecule has 2 aromatic carbocycles. The van der Waals surface area contributed by atoms with Crippen molar-refractivity contribution >= 4 is 0 Å². The molecule has 3 rings (SSSR count). The van der Waals surface area contributed by atoms with Gasteiger partial charge in [0.05, 0.1) is 18.1 Å². The average Bonchev–Trinajstić information content (AvgIpc) is 2.90. The maximum atomic E-state index is 9.65. The fraction of sp³-hybridized carbons (Fsp3) is 0. The monoisotopic (exact) mass is 268 g/mol. The smallest absolute Gasteiger partial charge is 0.169 e. The Labute approximate surface area is 115 Å². The molecular formula is C15H12N2O3. The summed E-state index contributed by atoms with van der Waals surface area (Å²) in [6.45, 7) is 0. The number of para-hydroxylation sites is 2. The molecule has 2 N–H and O–H groups in total. The van der Waals surface area contributed by atoms with Gasteiger partial charge in [0.1, 0.15) is 5.75 Å². The van der Waals surface area contributed by atoms with E-state index in [0.717, 1.165) is 5.69 Å². The van der Waals surface area contributed by atoms with E-state index in [9.17, 15) is 10.2 Å². The zero-order chi connectivity index (χ0) is 13.9. The van der Waals surface area contributed by atoms with Crippen LogP contribution in [0.5, 0.6) is 23.0 Å². The molecule has 1 heterocycles. The van der Waals surface area contributed by atoms with Gasteiger partial charge < -0.3 is 14.9 Å². The molecular weight excluding hydrogens is 256 g/mol. The van der Waals surface area contributed by atoms with Crippen molar-refractivity contribution in [1.82, 2.24) is 9.78 Å². The van der Waals surface area contributed by atoms with Gasteiger partial charge in [0.2, 0.25) is 0 Å². The highest BCUT2D eigenvalue weighted by Crippen LogP contribution is 2.30. The second-order valence-electron chi connectivity index (χ2n) is 4.21. The third kappa shape index (κ3) is 2.42. The van der Waals surface area contributed by atoms with Crippen LogP contribution in [0.1, 0.15) is 0 Å². The second-order valence-corrected chi connectivity index (χ2v) is 4.21. The van der Waals surface area contributed by atoms with Crippen molar-refractivity contribution in [2.24, 2.45) is 0 Å². The molecule has 3 aromatic rings. The van der Waals surface area contributed by atoms with Crippen LogP contribution in [-0.2, 0) is 0 Å². The Kier molecular flexibility index (Phi) is 3.01. The van der Waals surface area contributed by atoms with Crippen LogP contribution in [0.3, 0.4) is 0 Å². The Hall–Kier alpha value is -2.95. The lowest BCUT2D eigenvalue weighted by atomic mass is 10.3. The van der Waals surface area contributed by atoms with Crippen molar-refractivity contribution in [3.05, 3.63) is 60.9 Å². The number of aromatic nitrogens is 2. The Morgan fingerprint density at radius 3 is 2.65 bits per heavy atom. The van der Waals surface area contributed by atoms with E-state index in [1.54, 1.807) is 53.3 Å². The normalized spacial score (nSPS) is 10.4. The van der Waals surface area contributed by atoms with Gasteiger partial charge in [-0.3, -0.25) is 0 Å². The highest BCUT2D eigenvalue weighted by atomic mass is 16.5. The van der Waals surface area contributed by atoms with E-state index in [1.165, 1.54) is 6.20 Å². The molecule has 20 heavy (non-hydrogen) atoms. The van der Waals surface area contributed by atoms with Gasteiger partial charge in [-0.1, -0.05) is 18.2 Å². The molecule has 0 aliphatic heterocycles. The number of nitrogens with zero attached hydrogens (tertiary/aromatic N) is 2. The first kappa shape index (κ1) is 12.1. The molecule has 0 saturated heterocycles. The van der Waals surface area contributed by atoms with Crippen molar-refractivity contribution in [3.63, 3.8) is 0 Å². The van der Waals surface area contributed by atoms with Crippen LogP contribution in [-0.4, -0.2) is 20.0 Å². The third-order valence-corrected chi connectivity index (χ3v) is 2.75. The van der Waals surface area contributed by atoms with E-state index >= 15 is 0 Å². The van der Waals surface area contributed by atoms with Crippen LogP contribution in [0, 0.1) is 0 Å². The first-order valence-electron chi connectivity index (χ1n) is 6.02. The number of phenols is 2. The number of hydrogen-bond acceptors (Lipinski definition) is 4. The quantitative estimate of drug-likeness (QED) is 0.766. The van der Waals surface area contributed by atoms with Crippen molar-refractivity contribution < 1.29 is 14.9 Å². The SMILES string of the molecule is Oc1cccc(-n2cc(Oc3ccccc3O)cn2)c1. The predicted octanol–water partition coefficient (Wildman–Crippen LogP) is 3.08. The summed E-state index contributed by atoms with van der Waals surface area (Å²) >= 11 is 0. The third-order valence-electron chi connectivity index (χ3n) is 2.75. The largest absolute Gasteiger partial charge is 0.508 e. The fourth-order valence-electron chi connectivity index (χ4n) is 1.81. The van der Waals surface area contributed by atoms with Gasteiger partial charge in [0, 0.05) is 6.07 Å². The highest BCUT2D eigenvalue weighted by molar-refractivity contribution is 5.42. The van der Waals surface area contributed by atoms with E-state index in [4.69, 9.17) is 4.74 Å². The highest BCUT2D eigenvalue weighted by Gasteiger charge is 2.06. The Bertz CT molecular complexity index is 737. The Morgan fingerprint density at radius 2 is 1.85 bits per heavy atom. The lowest BCUT2D eigenvalue weighted by Crippen LogP contribution is -1.92. The number of rotatable bonds is 3. The lowest BCUT2D eigenvalue weighted by Gasteiger charge is -2.04. The average molecular weight is 268 g/mol. The minimum Gasteiger partial charge on any atom is -0.508 e. The predicted molar refractivity (Wildman–Crippen MR) is 73.4 cm³/mol. The van der Waals surface area contributed by atoms with Crippen LogP contribution in [0.2, 0.25) is 0 Å². The molecule has 0 aliphatic carbocycles. The van der Waals surface area contributed by atoms with Crippen molar-refractivity contribution in [1.29, 1.82) is 0 Å². The number of ether oxygens (including phenoxy) is 1. The van der Waals surface area contributed by atoms with Crippen LogP contribution in [0.25, 0.3) is 5.69 Å². The zero-order valence-electron chi connectivity index (χ0n) is 10.5. The number of phenolic OH excluding ortho intramolecular Hbond substituents is 2. The minimum absolute atomic E-state index is 0.0672. The van der Waals surface area contributed by atoms with Crippen LogP contribution in [0.4, 0.5) is 0 Å². The summed E-state index contributed by atoms with van der Waals surface area (Å²) in [5.41, 5.74) is 0.720. The summed E-state index contributed by atoms with van der Waals surface area (Å²) in [7, 11) is 0. The number of benzene rings is 2. The second kappa shape index (κ2) is 4.97. The molecule has 0 unspecified atom stereocenters. The van der Waals surface area contributed by atoms with Gasteiger partial charge in [0.15, 0.2) is 17.2 Å². The van der Waals surface area contributed by atoms with E-state index in [0.29, 0.717) is 11.5 Å². The van der Waals surface area contributed by atoms with Gasteiger partial charge >= 0.3 is 0 Å². The topological polar surface area (TPSA) is 67.5 Å². The van der Waals surface area contributed by atoms with Crippen LogP contribution < -0.4 is 4.74 Å². The molecule has 0 fully saturated rings. The zero-order valence-corrected chi connectivity index (χ0v) is 10.5. The molecule has 0 saturated carbocycles. The first-order valence-corrected chi connectivity index (χ1v) is 6.02. The Morgan fingerprint density at radius 1 is 1.00 bits per heavy atom.